The summed E-state index contributed by atoms with van der Waals surface area (Å²) >= 11 is 0. The second kappa shape index (κ2) is 6.81. The van der Waals surface area contributed by atoms with Crippen LogP contribution in [-0.2, 0) is 4.79 Å². The average Bonchev–Trinajstić information content (AvgIpc) is 2.59. The Bertz CT molecular complexity index is 973. The first-order valence-electron chi connectivity index (χ1n) is 7.90. The van der Waals surface area contributed by atoms with E-state index in [1.807, 2.05) is 30.3 Å². The standard InChI is InChI=1S/C20H18O5/c1-12(21)11-14(13-7-4-3-5-8-13)17-19(24-2)18-15(22)9-6-10-16(18)25-20(17)23/h3-10,14,22H,11H2,1-2H3/t14-/m1/s1. The van der Waals surface area contributed by atoms with Crippen LogP contribution in [0.1, 0.15) is 30.4 Å². The zero-order valence-electron chi connectivity index (χ0n) is 14.0. The molecule has 128 valence electrons. The number of fused-ring (bicyclic) bond motifs is 1. The van der Waals surface area contributed by atoms with Crippen LogP contribution in [0.15, 0.2) is 57.7 Å². The van der Waals surface area contributed by atoms with Crippen molar-refractivity contribution >= 4 is 16.8 Å². The van der Waals surface area contributed by atoms with Crippen LogP contribution in [0, 0.1) is 0 Å². The van der Waals surface area contributed by atoms with Crippen molar-refractivity contribution in [1.82, 2.24) is 0 Å². The lowest BCUT2D eigenvalue weighted by Crippen LogP contribution is -2.18. The zero-order valence-corrected chi connectivity index (χ0v) is 14.0. The fourth-order valence-corrected chi connectivity index (χ4v) is 3.09. The Kier molecular flexibility index (Phi) is 4.57. The molecule has 0 amide bonds. The van der Waals surface area contributed by atoms with E-state index in [1.54, 1.807) is 12.1 Å². The van der Waals surface area contributed by atoms with Gasteiger partial charge in [0, 0.05) is 12.3 Å². The van der Waals surface area contributed by atoms with Gasteiger partial charge >= 0.3 is 5.63 Å². The molecule has 1 heterocycles. The van der Waals surface area contributed by atoms with E-state index >= 15 is 0 Å². The predicted octanol–water partition coefficient (Wildman–Crippen LogP) is 3.62. The van der Waals surface area contributed by atoms with Crippen LogP contribution >= 0.6 is 0 Å². The Morgan fingerprint density at radius 3 is 2.52 bits per heavy atom. The van der Waals surface area contributed by atoms with E-state index in [4.69, 9.17) is 9.15 Å². The van der Waals surface area contributed by atoms with Crippen LogP contribution in [-0.4, -0.2) is 18.0 Å². The molecule has 0 unspecified atom stereocenters. The van der Waals surface area contributed by atoms with Crippen molar-refractivity contribution in [1.29, 1.82) is 0 Å². The van der Waals surface area contributed by atoms with Crippen molar-refractivity contribution in [3.05, 3.63) is 70.1 Å². The number of aromatic hydroxyl groups is 1. The van der Waals surface area contributed by atoms with E-state index in [0.717, 1.165) is 5.56 Å². The van der Waals surface area contributed by atoms with Crippen molar-refractivity contribution in [2.45, 2.75) is 19.3 Å². The number of phenols is 1. The number of phenolic OH excluding ortho intramolecular Hbond substituents is 1. The van der Waals surface area contributed by atoms with Crippen molar-refractivity contribution in [2.75, 3.05) is 7.11 Å². The number of carbonyl (C=O) groups excluding carboxylic acids is 1. The largest absolute Gasteiger partial charge is 0.507 e. The van der Waals surface area contributed by atoms with Gasteiger partial charge in [-0.15, -0.1) is 0 Å². The quantitative estimate of drug-likeness (QED) is 0.719. The van der Waals surface area contributed by atoms with E-state index in [2.05, 4.69) is 0 Å². The third kappa shape index (κ3) is 3.13. The molecule has 0 aliphatic carbocycles. The highest BCUT2D eigenvalue weighted by molar-refractivity contribution is 5.91. The van der Waals surface area contributed by atoms with Crippen LogP contribution < -0.4 is 10.4 Å². The van der Waals surface area contributed by atoms with Crippen molar-refractivity contribution in [3.8, 4) is 11.5 Å². The number of ketones is 1. The number of rotatable bonds is 5. The molecule has 2 aromatic carbocycles. The third-order valence-corrected chi connectivity index (χ3v) is 4.14. The Morgan fingerprint density at radius 2 is 1.88 bits per heavy atom. The lowest BCUT2D eigenvalue weighted by atomic mass is 9.87. The summed E-state index contributed by atoms with van der Waals surface area (Å²) in [7, 11) is 1.43. The zero-order chi connectivity index (χ0) is 18.0. The minimum absolute atomic E-state index is 0.0472. The predicted molar refractivity (Wildman–Crippen MR) is 94.3 cm³/mol. The summed E-state index contributed by atoms with van der Waals surface area (Å²) in [5.74, 6) is -0.393. The minimum Gasteiger partial charge on any atom is -0.507 e. The molecule has 0 spiro atoms. The molecule has 0 fully saturated rings. The molecule has 5 heteroatoms. The highest BCUT2D eigenvalue weighted by Gasteiger charge is 2.27. The summed E-state index contributed by atoms with van der Waals surface area (Å²) in [4.78, 5) is 24.5. The Labute approximate surface area is 144 Å². The van der Waals surface area contributed by atoms with Crippen LogP contribution in [0.5, 0.6) is 11.5 Å². The van der Waals surface area contributed by atoms with Gasteiger partial charge in [0.25, 0.3) is 0 Å². The van der Waals surface area contributed by atoms with Crippen LogP contribution in [0.25, 0.3) is 11.0 Å². The molecule has 0 bridgehead atoms. The molecule has 1 atom stereocenters. The van der Waals surface area contributed by atoms with E-state index in [1.165, 1.54) is 20.1 Å². The number of hydrogen-bond donors (Lipinski definition) is 1. The number of benzene rings is 2. The summed E-state index contributed by atoms with van der Waals surface area (Å²) in [6.45, 7) is 1.47. The highest BCUT2D eigenvalue weighted by Crippen LogP contribution is 2.40. The normalized spacial score (nSPS) is 12.1. The Hall–Kier alpha value is -3.08. The van der Waals surface area contributed by atoms with E-state index in [0.29, 0.717) is 5.39 Å². The maximum Gasteiger partial charge on any atom is 0.343 e. The number of Topliss-reactive ketones (excluding diaryl/α,β-unsaturated/α-hetero) is 1. The molecule has 1 N–H and O–H groups in total. The number of carbonyl (C=O) groups is 1. The van der Waals surface area contributed by atoms with Gasteiger partial charge in [0.2, 0.25) is 0 Å². The lowest BCUT2D eigenvalue weighted by Gasteiger charge is -2.19. The molecular weight excluding hydrogens is 320 g/mol. The van der Waals surface area contributed by atoms with Gasteiger partial charge in [-0.3, -0.25) is 4.79 Å². The molecule has 0 radical (unpaired) electrons. The Morgan fingerprint density at radius 1 is 1.16 bits per heavy atom. The first-order chi connectivity index (χ1) is 12.0. The fourth-order valence-electron chi connectivity index (χ4n) is 3.09. The Balaban J connectivity index is 2.34. The van der Waals surface area contributed by atoms with Gasteiger partial charge in [-0.1, -0.05) is 36.4 Å². The molecule has 1 aromatic heterocycles. The van der Waals surface area contributed by atoms with Crippen LogP contribution in [0.3, 0.4) is 0 Å². The summed E-state index contributed by atoms with van der Waals surface area (Å²) in [6, 6.07) is 13.9. The topological polar surface area (TPSA) is 76.7 Å². The van der Waals surface area contributed by atoms with Crippen molar-refractivity contribution < 1.29 is 19.1 Å². The molecule has 25 heavy (non-hydrogen) atoms. The first kappa shape index (κ1) is 16.8. The highest BCUT2D eigenvalue weighted by atomic mass is 16.5. The lowest BCUT2D eigenvalue weighted by molar-refractivity contribution is -0.117. The van der Waals surface area contributed by atoms with E-state index in [-0.39, 0.29) is 34.8 Å². The van der Waals surface area contributed by atoms with Crippen molar-refractivity contribution in [3.63, 3.8) is 0 Å². The second-order valence-corrected chi connectivity index (χ2v) is 5.86. The van der Waals surface area contributed by atoms with Gasteiger partial charge in [-0.05, 0) is 24.6 Å². The molecule has 3 rings (SSSR count). The number of hydrogen-bond acceptors (Lipinski definition) is 5. The smallest absolute Gasteiger partial charge is 0.343 e. The summed E-state index contributed by atoms with van der Waals surface area (Å²) in [6.07, 6.45) is 0.129. The number of methoxy groups -OCH3 is 1. The van der Waals surface area contributed by atoms with Crippen LogP contribution in [0.4, 0.5) is 0 Å². The molecule has 3 aromatic rings. The van der Waals surface area contributed by atoms with Crippen LogP contribution in [0.2, 0.25) is 0 Å². The van der Waals surface area contributed by atoms with Crippen molar-refractivity contribution in [2.24, 2.45) is 0 Å². The summed E-state index contributed by atoms with van der Waals surface area (Å²) in [5.41, 5.74) is 0.696. The number of ether oxygens (including phenoxy) is 1. The van der Waals surface area contributed by atoms with Gasteiger partial charge in [-0.2, -0.15) is 0 Å². The van der Waals surface area contributed by atoms with Gasteiger partial charge in [0.1, 0.15) is 28.3 Å². The second-order valence-electron chi connectivity index (χ2n) is 5.86. The maximum atomic E-state index is 12.7. The van der Waals surface area contributed by atoms with E-state index in [9.17, 15) is 14.7 Å². The SMILES string of the molecule is COc1c([C@H](CC(C)=O)c2ccccc2)c(=O)oc2cccc(O)c12. The first-order valence-corrected chi connectivity index (χ1v) is 7.90. The molecule has 5 nitrogen and oxygen atoms in total. The average molecular weight is 338 g/mol. The molecule has 0 saturated carbocycles. The molecule has 0 aliphatic heterocycles. The fraction of sp³-hybridized carbons (Fsp3) is 0.200. The summed E-state index contributed by atoms with van der Waals surface area (Å²) in [5, 5.41) is 10.5. The van der Waals surface area contributed by atoms with Gasteiger partial charge < -0.3 is 14.3 Å². The van der Waals surface area contributed by atoms with Gasteiger partial charge in [0.05, 0.1) is 12.7 Å². The molecular formula is C20H18O5. The minimum atomic E-state index is -0.579. The van der Waals surface area contributed by atoms with Gasteiger partial charge in [0.15, 0.2) is 0 Å². The monoisotopic (exact) mass is 338 g/mol. The third-order valence-electron chi connectivity index (χ3n) is 4.14. The van der Waals surface area contributed by atoms with Gasteiger partial charge in [-0.25, -0.2) is 4.79 Å². The van der Waals surface area contributed by atoms with E-state index < -0.39 is 11.5 Å². The molecule has 0 saturated heterocycles. The summed E-state index contributed by atoms with van der Waals surface area (Å²) < 4.78 is 10.9. The molecule has 0 aliphatic rings. The maximum absolute atomic E-state index is 12.7.